The average molecular weight is 1390 g/mol. The van der Waals surface area contributed by atoms with E-state index in [0.717, 1.165) is 76.5 Å². The Hall–Kier alpha value is -10.4. The van der Waals surface area contributed by atoms with E-state index in [2.05, 4.69) is 38.2 Å². The minimum Gasteiger partial charge on any atom is -0.477 e. The summed E-state index contributed by atoms with van der Waals surface area (Å²) in [5, 5.41) is 14.6. The third-order valence-electron chi connectivity index (χ3n) is 14.6. The lowest BCUT2D eigenvalue weighted by atomic mass is 10.1. The molecule has 0 radical (unpaired) electrons. The Morgan fingerprint density at radius 3 is 1.09 bits per heavy atom. The van der Waals surface area contributed by atoms with Gasteiger partial charge in [0.25, 0.3) is 11.8 Å². The number of nitrogens with zero attached hydrogens (tertiary/aromatic N) is 8. The molecule has 502 valence electrons. The van der Waals surface area contributed by atoms with Crippen LogP contribution in [0.5, 0.6) is 34.5 Å². The first kappa shape index (κ1) is 70.9. The first-order chi connectivity index (χ1) is 46.7. The molecule has 6 N–H and O–H groups in total. The number of anilines is 3. The van der Waals surface area contributed by atoms with Crippen LogP contribution >= 0.6 is 45.6 Å². The van der Waals surface area contributed by atoms with Crippen molar-refractivity contribution in [1.29, 1.82) is 0 Å². The number of nitrogens with two attached hydrogens (primary N) is 2. The van der Waals surface area contributed by atoms with Crippen LogP contribution in [0.4, 0.5) is 20.2 Å². The Morgan fingerprint density at radius 1 is 0.474 bits per heavy atom. The lowest BCUT2D eigenvalue weighted by Gasteiger charge is -2.35. The van der Waals surface area contributed by atoms with Gasteiger partial charge in [-0.2, -0.15) is 0 Å². The molecule has 0 saturated carbocycles. The van der Waals surface area contributed by atoms with E-state index in [4.69, 9.17) is 52.0 Å². The van der Waals surface area contributed by atoms with Gasteiger partial charge in [0.15, 0.2) is 15.4 Å². The van der Waals surface area contributed by atoms with E-state index in [1.165, 1.54) is 40.1 Å². The van der Waals surface area contributed by atoms with E-state index in [9.17, 15) is 33.9 Å². The number of para-hydroxylation sites is 3. The molecule has 0 bridgehead atoms. The second kappa shape index (κ2) is 33.8. The number of aromatic nitrogens is 3. The Labute approximate surface area is 578 Å². The minimum absolute atomic E-state index is 0.0740. The summed E-state index contributed by atoms with van der Waals surface area (Å²) in [6, 6.07) is 50.7. The number of allylic oxidation sites excluding steroid dienone is 1. The second-order valence-corrected chi connectivity index (χ2v) is 25.9. The molecular formula is C71H72ClN11O11S3. The fraction of sp³-hybridized carbons (Fsp3) is 0.225. The first-order valence-electron chi connectivity index (χ1n) is 30.7. The van der Waals surface area contributed by atoms with Crippen LogP contribution < -0.4 is 45.7 Å². The third kappa shape index (κ3) is 20.1. The molecule has 0 unspecified atom stereocenters. The predicted molar refractivity (Wildman–Crippen MR) is 381 cm³/mol. The summed E-state index contributed by atoms with van der Waals surface area (Å²) in [6.45, 7) is 20.2. The number of carbonyl (C=O) groups is 6. The fourth-order valence-corrected chi connectivity index (χ4v) is 12.8. The molecule has 3 aliphatic rings. The second-order valence-electron chi connectivity index (χ2n) is 22.6. The van der Waals surface area contributed by atoms with Crippen LogP contribution in [0.25, 0.3) is 33.8 Å². The molecule has 97 heavy (non-hydrogen) atoms. The van der Waals surface area contributed by atoms with Crippen LogP contribution in [0.2, 0.25) is 0 Å². The Kier molecular flexibility index (Phi) is 24.7. The highest BCUT2D eigenvalue weighted by molar-refractivity contribution is 7.18. The number of thiazole rings is 3. The van der Waals surface area contributed by atoms with Crippen molar-refractivity contribution in [1.82, 2.24) is 30.1 Å². The summed E-state index contributed by atoms with van der Waals surface area (Å²) in [5.41, 5.74) is 14.7. The summed E-state index contributed by atoms with van der Waals surface area (Å²) in [7, 11) is 0. The number of rotatable bonds is 17. The smallest absolute Gasteiger partial charge is 0.410 e. The van der Waals surface area contributed by atoms with Crippen molar-refractivity contribution in [3.8, 4) is 68.3 Å². The highest BCUT2D eigenvalue weighted by Crippen LogP contribution is 2.38. The number of benzene rings is 6. The number of carboxylic acid groups (broad SMARTS) is 1. The SMILES string of the molecule is C=CC(=O)Cl.C=CC(=O)N1CCN(c2nc(-c3ccc(Oc4ccccc4)cc3)c(C(N)=O)s2)CC1.CC(C)(C)OC(=O)N1CCN(c2nc(-c3ccc(Oc4ccccc4)cc3)c(C(N)=O)s2)CC1.O=C(O)c1sc(N2CCNCC2)nc1-c1ccc(Oc2ccccc2)cc1. The van der Waals surface area contributed by atoms with Crippen molar-refractivity contribution < 1.29 is 52.8 Å². The average Bonchev–Trinajstić information content (AvgIpc) is 1.69. The van der Waals surface area contributed by atoms with Crippen molar-refractivity contribution in [3.63, 3.8) is 0 Å². The zero-order valence-corrected chi connectivity index (χ0v) is 56.7. The molecule has 6 heterocycles. The molecule has 3 fully saturated rings. The normalized spacial score (nSPS) is 13.6. The highest BCUT2D eigenvalue weighted by atomic mass is 35.5. The largest absolute Gasteiger partial charge is 0.477 e. The van der Waals surface area contributed by atoms with Crippen LogP contribution in [-0.2, 0) is 14.3 Å². The number of carbonyl (C=O) groups excluding carboxylic acids is 5. The van der Waals surface area contributed by atoms with Crippen molar-refractivity contribution in [2.24, 2.45) is 11.5 Å². The van der Waals surface area contributed by atoms with Crippen LogP contribution in [-0.4, -0.2) is 149 Å². The zero-order chi connectivity index (χ0) is 69.0. The quantitative estimate of drug-likeness (QED) is 0.0487. The lowest BCUT2D eigenvalue weighted by molar-refractivity contribution is -0.126. The maximum atomic E-state index is 12.3. The van der Waals surface area contributed by atoms with Crippen LogP contribution in [0.1, 0.15) is 49.8 Å². The highest BCUT2D eigenvalue weighted by Gasteiger charge is 2.30. The number of piperazine rings is 3. The van der Waals surface area contributed by atoms with E-state index in [1.54, 1.807) is 9.80 Å². The molecule has 0 aliphatic carbocycles. The van der Waals surface area contributed by atoms with Crippen molar-refractivity contribution in [3.05, 3.63) is 204 Å². The van der Waals surface area contributed by atoms with Crippen LogP contribution in [0, 0.1) is 0 Å². The van der Waals surface area contributed by atoms with E-state index < -0.39 is 28.6 Å². The van der Waals surface area contributed by atoms with Gasteiger partial charge in [0, 0.05) is 95.2 Å². The lowest BCUT2D eigenvalue weighted by Crippen LogP contribution is -2.50. The van der Waals surface area contributed by atoms with E-state index in [0.29, 0.717) is 102 Å². The van der Waals surface area contributed by atoms with Crippen LogP contribution in [0.15, 0.2) is 189 Å². The summed E-state index contributed by atoms with van der Waals surface area (Å²) >= 11 is 8.48. The maximum Gasteiger partial charge on any atom is 0.410 e. The number of hydrogen-bond donors (Lipinski definition) is 4. The van der Waals surface area contributed by atoms with Gasteiger partial charge in [-0.05, 0) is 154 Å². The van der Waals surface area contributed by atoms with Gasteiger partial charge in [-0.3, -0.25) is 19.2 Å². The zero-order valence-electron chi connectivity index (χ0n) is 53.5. The number of amides is 4. The number of primary amides is 2. The molecule has 22 nitrogen and oxygen atoms in total. The van der Waals surface area contributed by atoms with Gasteiger partial charge in [-0.25, -0.2) is 24.5 Å². The third-order valence-corrected chi connectivity index (χ3v) is 18.1. The summed E-state index contributed by atoms with van der Waals surface area (Å²) in [4.78, 5) is 94.4. The summed E-state index contributed by atoms with van der Waals surface area (Å²) in [5.74, 6) is 2.26. The molecule has 26 heteroatoms. The molecule has 3 aliphatic heterocycles. The minimum atomic E-state index is -0.950. The van der Waals surface area contributed by atoms with Crippen molar-refractivity contribution in [2.45, 2.75) is 26.4 Å². The number of hydrogen-bond acceptors (Lipinski definition) is 20. The molecule has 3 saturated heterocycles. The van der Waals surface area contributed by atoms with E-state index >= 15 is 0 Å². The summed E-state index contributed by atoms with van der Waals surface area (Å²) < 4.78 is 22.9. The molecule has 9 aromatic rings. The molecule has 12 rings (SSSR count). The van der Waals surface area contributed by atoms with Crippen molar-refractivity contribution in [2.75, 3.05) is 93.2 Å². The Bertz CT molecular complexity index is 4150. The standard InChI is InChI=1S/C25H28N4O4S.C23H22N4O3S.C20H19N3O3S.C3H3ClO/c1-25(2,3)33-24(31)29-15-13-28(14-16-29)23-27-20(21(34-23)22(26)30)17-9-11-19(12-10-17)32-18-7-5-4-6-8-18;1-2-19(28)26-12-14-27(15-13-26)23-25-20(21(31-23)22(24)29)16-8-10-18(11-9-16)30-17-6-4-3-5-7-17;24-19(25)18-17(22-20(27-18)23-12-10-21-11-13-23)14-6-8-16(9-7-14)26-15-4-2-1-3-5-15;1-2-3(4)5/h4-12H,13-16H2,1-3H3,(H2,26,30);2-11H,1,12-15H2,(H2,24,29);1-9,21H,10-13H2,(H,24,25);2H,1H2. The van der Waals surface area contributed by atoms with Crippen molar-refractivity contribution >= 4 is 96.0 Å². The van der Waals surface area contributed by atoms with E-state index in [1.807, 2.05) is 185 Å². The number of nitrogens with one attached hydrogen (secondary N) is 1. The number of aromatic carboxylic acids is 1. The summed E-state index contributed by atoms with van der Waals surface area (Å²) in [6.07, 6.45) is 2.05. The topological polar surface area (TPSA) is 279 Å². The van der Waals surface area contributed by atoms with Gasteiger partial charge in [0.05, 0.1) is 17.1 Å². The van der Waals surface area contributed by atoms with Gasteiger partial charge in [0.2, 0.25) is 11.1 Å². The van der Waals surface area contributed by atoms with Crippen LogP contribution in [0.3, 0.4) is 0 Å². The molecule has 0 spiro atoms. The van der Waals surface area contributed by atoms with Gasteiger partial charge in [-0.1, -0.05) is 102 Å². The Balaban J connectivity index is 0.000000165. The van der Waals surface area contributed by atoms with Gasteiger partial charge < -0.3 is 65.3 Å². The molecule has 6 aromatic carbocycles. The monoisotopic (exact) mass is 1390 g/mol. The number of ether oxygens (including phenoxy) is 4. The molecule has 4 amide bonds. The van der Waals surface area contributed by atoms with E-state index in [-0.39, 0.29) is 16.9 Å². The number of carboxylic acids is 1. The molecular weight excluding hydrogens is 1310 g/mol. The fourth-order valence-electron chi connectivity index (χ4n) is 9.82. The number of halogens is 1. The first-order valence-corrected chi connectivity index (χ1v) is 33.6. The maximum absolute atomic E-state index is 12.3. The predicted octanol–water partition coefficient (Wildman–Crippen LogP) is 12.9. The van der Waals surface area contributed by atoms with Gasteiger partial charge in [0.1, 0.15) is 54.7 Å². The van der Waals surface area contributed by atoms with Gasteiger partial charge >= 0.3 is 12.1 Å². The molecule has 3 aromatic heterocycles. The van der Waals surface area contributed by atoms with Gasteiger partial charge in [-0.15, -0.1) is 0 Å². The molecule has 0 atom stereocenters. The Morgan fingerprint density at radius 2 is 0.784 bits per heavy atom.